The van der Waals surface area contributed by atoms with Crippen molar-refractivity contribution in [3.63, 3.8) is 0 Å². The highest BCUT2D eigenvalue weighted by Crippen LogP contribution is 2.01. The summed E-state index contributed by atoms with van der Waals surface area (Å²) in [5.41, 5.74) is 0.151. The van der Waals surface area contributed by atoms with Crippen molar-refractivity contribution in [2.24, 2.45) is 7.05 Å². The number of aryl methyl sites for hydroxylation is 1. The van der Waals surface area contributed by atoms with E-state index in [1.165, 1.54) is 17.7 Å². The fourth-order valence-electron chi connectivity index (χ4n) is 1.67. The molecule has 6 nitrogen and oxygen atoms in total. The summed E-state index contributed by atoms with van der Waals surface area (Å²) in [5.74, 6) is -0.468. The van der Waals surface area contributed by atoms with Gasteiger partial charge in [-0.3, -0.25) is 14.4 Å². The van der Waals surface area contributed by atoms with Crippen LogP contribution in [0, 0.1) is 0 Å². The number of aromatic nitrogens is 1. The van der Waals surface area contributed by atoms with Crippen LogP contribution in [0.4, 0.5) is 0 Å². The van der Waals surface area contributed by atoms with E-state index in [1.807, 2.05) is 0 Å². The minimum atomic E-state index is -0.254. The maximum Gasteiger partial charge on any atom is 0.305 e. The van der Waals surface area contributed by atoms with Gasteiger partial charge in [0.25, 0.3) is 11.5 Å². The van der Waals surface area contributed by atoms with E-state index in [0.29, 0.717) is 18.5 Å². The lowest BCUT2D eigenvalue weighted by Gasteiger charge is -2.05. The van der Waals surface area contributed by atoms with Gasteiger partial charge in [-0.05, 0) is 18.9 Å². The first-order valence-electron chi connectivity index (χ1n) is 6.56. The van der Waals surface area contributed by atoms with Gasteiger partial charge >= 0.3 is 5.97 Å². The second-order valence-electron chi connectivity index (χ2n) is 4.51. The molecule has 1 aromatic heterocycles. The molecular weight excluding hydrogens is 260 g/mol. The van der Waals surface area contributed by atoms with E-state index in [9.17, 15) is 14.4 Å². The Bertz CT molecular complexity index is 522. The second-order valence-corrected chi connectivity index (χ2v) is 4.51. The average Bonchev–Trinajstić information content (AvgIpc) is 2.44. The number of rotatable bonds is 7. The first-order valence-corrected chi connectivity index (χ1v) is 6.56. The molecule has 0 aliphatic rings. The van der Waals surface area contributed by atoms with Gasteiger partial charge in [0.05, 0.1) is 7.11 Å². The standard InChI is InChI=1S/C14H20N2O4/c1-16-9-7-11(10-12(16)17)14(19)15-8-5-3-4-6-13(18)20-2/h7,9-10H,3-6,8H2,1-2H3,(H,15,19). The Morgan fingerprint density at radius 2 is 2.05 bits per heavy atom. The first-order chi connectivity index (χ1) is 9.54. The molecule has 0 radical (unpaired) electrons. The molecule has 6 heteroatoms. The summed E-state index contributed by atoms with van der Waals surface area (Å²) in [6.45, 7) is 0.523. The lowest BCUT2D eigenvalue weighted by molar-refractivity contribution is -0.140. The largest absolute Gasteiger partial charge is 0.469 e. The molecule has 110 valence electrons. The lowest BCUT2D eigenvalue weighted by Crippen LogP contribution is -2.26. The highest BCUT2D eigenvalue weighted by Gasteiger charge is 2.06. The number of nitrogens with one attached hydrogen (secondary N) is 1. The molecule has 0 atom stereocenters. The zero-order chi connectivity index (χ0) is 15.0. The van der Waals surface area contributed by atoms with Crippen molar-refractivity contribution >= 4 is 11.9 Å². The van der Waals surface area contributed by atoms with Gasteiger partial charge in [0, 0.05) is 37.8 Å². The van der Waals surface area contributed by atoms with E-state index in [2.05, 4.69) is 10.1 Å². The van der Waals surface area contributed by atoms with Crippen molar-refractivity contribution in [3.8, 4) is 0 Å². The predicted octanol–water partition coefficient (Wildman–Crippen LogP) is 0.848. The maximum absolute atomic E-state index is 11.8. The van der Waals surface area contributed by atoms with E-state index in [1.54, 1.807) is 19.3 Å². The molecule has 0 aliphatic heterocycles. The zero-order valence-corrected chi connectivity index (χ0v) is 11.8. The smallest absolute Gasteiger partial charge is 0.305 e. The number of esters is 1. The minimum Gasteiger partial charge on any atom is -0.469 e. The monoisotopic (exact) mass is 280 g/mol. The van der Waals surface area contributed by atoms with Crippen molar-refractivity contribution in [2.45, 2.75) is 25.7 Å². The molecule has 1 amide bonds. The third-order valence-corrected chi connectivity index (χ3v) is 2.94. The zero-order valence-electron chi connectivity index (χ0n) is 11.8. The Morgan fingerprint density at radius 3 is 2.70 bits per heavy atom. The van der Waals surface area contributed by atoms with Gasteiger partial charge in [-0.25, -0.2) is 0 Å². The molecule has 0 bridgehead atoms. The highest BCUT2D eigenvalue weighted by molar-refractivity contribution is 5.93. The fraction of sp³-hybridized carbons (Fsp3) is 0.500. The second kappa shape index (κ2) is 8.14. The number of methoxy groups -OCH3 is 1. The number of carbonyl (C=O) groups excluding carboxylic acids is 2. The number of hydrogen-bond donors (Lipinski definition) is 1. The third-order valence-electron chi connectivity index (χ3n) is 2.94. The quantitative estimate of drug-likeness (QED) is 0.593. The Kier molecular flexibility index (Phi) is 6.49. The Hall–Kier alpha value is -2.11. The molecule has 0 saturated carbocycles. The van der Waals surface area contributed by atoms with E-state index in [4.69, 9.17) is 0 Å². The number of ether oxygens (including phenoxy) is 1. The SMILES string of the molecule is COC(=O)CCCCCNC(=O)c1ccn(C)c(=O)c1. The van der Waals surface area contributed by atoms with Gasteiger partial charge in [-0.2, -0.15) is 0 Å². The van der Waals surface area contributed by atoms with Gasteiger partial charge in [0.1, 0.15) is 0 Å². The van der Waals surface area contributed by atoms with Gasteiger partial charge in [0.2, 0.25) is 0 Å². The van der Waals surface area contributed by atoms with E-state index >= 15 is 0 Å². The molecule has 1 N–H and O–H groups in total. The third kappa shape index (κ3) is 5.26. The van der Waals surface area contributed by atoms with Crippen LogP contribution in [0.25, 0.3) is 0 Å². The van der Waals surface area contributed by atoms with Gasteiger partial charge < -0.3 is 14.6 Å². The molecule has 20 heavy (non-hydrogen) atoms. The molecule has 0 aliphatic carbocycles. The first kappa shape index (κ1) is 15.9. The Morgan fingerprint density at radius 1 is 1.30 bits per heavy atom. The highest BCUT2D eigenvalue weighted by atomic mass is 16.5. The molecule has 1 heterocycles. The number of unbranched alkanes of at least 4 members (excludes halogenated alkanes) is 2. The average molecular weight is 280 g/mol. The maximum atomic E-state index is 11.8. The van der Waals surface area contributed by atoms with Crippen LogP contribution in [-0.2, 0) is 16.6 Å². The number of hydrogen-bond acceptors (Lipinski definition) is 4. The summed E-state index contributed by atoms with van der Waals surface area (Å²) in [6.07, 6.45) is 4.33. The van der Waals surface area contributed by atoms with Crippen LogP contribution >= 0.6 is 0 Å². The van der Waals surface area contributed by atoms with Crippen LogP contribution in [-0.4, -0.2) is 30.1 Å². The summed E-state index contributed by atoms with van der Waals surface area (Å²) in [5, 5.41) is 2.74. The Balaban J connectivity index is 2.25. The molecule has 0 unspecified atom stereocenters. The van der Waals surface area contributed by atoms with Gasteiger partial charge in [-0.1, -0.05) is 6.42 Å². The number of amides is 1. The summed E-state index contributed by atoms with van der Waals surface area (Å²) >= 11 is 0. The molecule has 0 aromatic carbocycles. The van der Waals surface area contributed by atoms with Crippen molar-refractivity contribution in [3.05, 3.63) is 34.2 Å². The molecule has 1 rings (SSSR count). The summed E-state index contributed by atoms with van der Waals surface area (Å²) in [4.78, 5) is 34.0. The van der Waals surface area contributed by atoms with Crippen LogP contribution in [0.3, 0.4) is 0 Å². The van der Waals surface area contributed by atoms with Crippen LogP contribution in [0.5, 0.6) is 0 Å². The van der Waals surface area contributed by atoms with Crippen LogP contribution in [0.2, 0.25) is 0 Å². The summed E-state index contributed by atoms with van der Waals surface area (Å²) in [7, 11) is 3.00. The molecular formula is C14H20N2O4. The molecule has 0 fully saturated rings. The summed E-state index contributed by atoms with van der Waals surface area (Å²) < 4.78 is 5.94. The molecule has 1 aromatic rings. The number of carbonyl (C=O) groups is 2. The van der Waals surface area contributed by atoms with Crippen molar-refractivity contribution in [2.75, 3.05) is 13.7 Å². The van der Waals surface area contributed by atoms with Crippen LogP contribution in [0.1, 0.15) is 36.0 Å². The molecule has 0 spiro atoms. The lowest BCUT2D eigenvalue weighted by atomic mass is 10.2. The van der Waals surface area contributed by atoms with Crippen LogP contribution < -0.4 is 10.9 Å². The number of nitrogens with zero attached hydrogens (tertiary/aromatic N) is 1. The Labute approximate surface area is 117 Å². The van der Waals surface area contributed by atoms with Crippen molar-refractivity contribution in [1.29, 1.82) is 0 Å². The summed E-state index contributed by atoms with van der Waals surface area (Å²) in [6, 6.07) is 2.92. The minimum absolute atomic E-state index is 0.212. The number of pyridine rings is 1. The van der Waals surface area contributed by atoms with E-state index < -0.39 is 0 Å². The topological polar surface area (TPSA) is 77.4 Å². The van der Waals surface area contributed by atoms with Crippen molar-refractivity contribution < 1.29 is 14.3 Å². The van der Waals surface area contributed by atoms with Crippen LogP contribution in [0.15, 0.2) is 23.1 Å². The molecule has 0 saturated heterocycles. The van der Waals surface area contributed by atoms with Gasteiger partial charge in [0.15, 0.2) is 0 Å². The normalized spacial score (nSPS) is 10.1. The van der Waals surface area contributed by atoms with E-state index in [-0.39, 0.29) is 17.4 Å². The van der Waals surface area contributed by atoms with Crippen molar-refractivity contribution in [1.82, 2.24) is 9.88 Å². The fourth-order valence-corrected chi connectivity index (χ4v) is 1.67. The van der Waals surface area contributed by atoms with E-state index in [0.717, 1.165) is 19.3 Å². The van der Waals surface area contributed by atoms with Gasteiger partial charge in [-0.15, -0.1) is 0 Å². The predicted molar refractivity (Wildman–Crippen MR) is 74.5 cm³/mol.